The van der Waals surface area contributed by atoms with Crippen LogP contribution in [0.4, 0.5) is 0 Å². The van der Waals surface area contributed by atoms with Gasteiger partial charge in [0.1, 0.15) is 0 Å². The molecule has 1 aliphatic rings. The summed E-state index contributed by atoms with van der Waals surface area (Å²) < 4.78 is 5.12. The molecular formula is C19H33IN4O. The summed E-state index contributed by atoms with van der Waals surface area (Å²) in [5, 5.41) is 3.18. The fourth-order valence-electron chi connectivity index (χ4n) is 3.22. The first kappa shape index (κ1) is 22.2. The molecule has 142 valence electrons. The molecule has 2 unspecified atom stereocenters. The molecule has 6 heteroatoms. The summed E-state index contributed by atoms with van der Waals surface area (Å²) in [6.45, 7) is 7.92. The molecule has 1 aliphatic heterocycles. The first-order valence-electron chi connectivity index (χ1n) is 8.94. The third-order valence-corrected chi connectivity index (χ3v) is 4.69. The highest BCUT2D eigenvalue weighted by Gasteiger charge is 2.24. The number of methoxy groups -OCH3 is 1. The summed E-state index contributed by atoms with van der Waals surface area (Å²) in [4.78, 5) is 7.15. The Labute approximate surface area is 169 Å². The second-order valence-electron chi connectivity index (χ2n) is 6.87. The predicted molar refractivity (Wildman–Crippen MR) is 116 cm³/mol. The molecule has 1 heterocycles. The van der Waals surface area contributed by atoms with E-state index in [4.69, 9.17) is 10.5 Å². The lowest BCUT2D eigenvalue weighted by molar-refractivity contribution is 0.141. The van der Waals surface area contributed by atoms with Crippen molar-refractivity contribution < 1.29 is 4.74 Å². The van der Waals surface area contributed by atoms with Crippen molar-refractivity contribution in [2.24, 2.45) is 16.6 Å². The highest BCUT2D eigenvalue weighted by atomic mass is 127. The van der Waals surface area contributed by atoms with E-state index < -0.39 is 0 Å². The van der Waals surface area contributed by atoms with E-state index in [1.807, 2.05) is 6.92 Å². The van der Waals surface area contributed by atoms with E-state index in [2.05, 4.69) is 52.5 Å². The Hall–Kier alpha value is -0.860. The summed E-state index contributed by atoms with van der Waals surface area (Å²) in [5.41, 5.74) is 7.36. The van der Waals surface area contributed by atoms with Gasteiger partial charge < -0.3 is 15.8 Å². The molecule has 5 nitrogen and oxygen atoms in total. The van der Waals surface area contributed by atoms with Gasteiger partial charge in [0, 0.05) is 13.2 Å². The molecule has 1 aromatic rings. The number of nitrogens with zero attached hydrogens (tertiary/aromatic N) is 2. The molecule has 0 saturated carbocycles. The van der Waals surface area contributed by atoms with Crippen LogP contribution in [-0.4, -0.2) is 50.3 Å². The molecule has 0 aromatic heterocycles. The van der Waals surface area contributed by atoms with Gasteiger partial charge in [0.15, 0.2) is 5.96 Å². The number of aliphatic imine (C=N–C) groups is 1. The standard InChI is InChI=1S/C19H32N4O.HI/c1-15-9-11-23(12-10-15)18(17-7-5-4-6-8-17)13-21-19(20)22-16(2)14-24-3;/h4-8,15-16,18H,9-14H2,1-3H3,(H3,20,21,22);1H. The van der Waals surface area contributed by atoms with Crippen LogP contribution in [0, 0.1) is 5.92 Å². The molecule has 0 bridgehead atoms. The van der Waals surface area contributed by atoms with Crippen molar-refractivity contribution in [3.8, 4) is 0 Å². The van der Waals surface area contributed by atoms with Crippen molar-refractivity contribution in [1.82, 2.24) is 10.2 Å². The second-order valence-corrected chi connectivity index (χ2v) is 6.87. The molecule has 2 rings (SSSR count). The summed E-state index contributed by atoms with van der Waals surface area (Å²) in [6, 6.07) is 11.1. The van der Waals surface area contributed by atoms with Gasteiger partial charge in [0.2, 0.25) is 0 Å². The minimum atomic E-state index is 0. The number of hydrogen-bond donors (Lipinski definition) is 2. The minimum Gasteiger partial charge on any atom is -0.383 e. The fourth-order valence-corrected chi connectivity index (χ4v) is 3.22. The first-order chi connectivity index (χ1) is 11.6. The van der Waals surface area contributed by atoms with E-state index in [1.165, 1.54) is 18.4 Å². The predicted octanol–water partition coefficient (Wildman–Crippen LogP) is 3.02. The lowest BCUT2D eigenvalue weighted by Crippen LogP contribution is -2.42. The monoisotopic (exact) mass is 460 g/mol. The van der Waals surface area contributed by atoms with E-state index in [0.717, 1.165) is 19.0 Å². The van der Waals surface area contributed by atoms with Crippen LogP contribution in [0.5, 0.6) is 0 Å². The first-order valence-corrected chi connectivity index (χ1v) is 8.94. The lowest BCUT2D eigenvalue weighted by Gasteiger charge is -2.36. The molecule has 0 radical (unpaired) electrons. The largest absolute Gasteiger partial charge is 0.383 e. The molecular weight excluding hydrogens is 427 g/mol. The molecule has 1 fully saturated rings. The van der Waals surface area contributed by atoms with Crippen molar-refractivity contribution in [2.75, 3.05) is 33.4 Å². The molecule has 25 heavy (non-hydrogen) atoms. The zero-order valence-corrected chi connectivity index (χ0v) is 18.0. The number of benzene rings is 1. The number of ether oxygens (including phenoxy) is 1. The molecule has 3 N–H and O–H groups in total. The summed E-state index contributed by atoms with van der Waals surface area (Å²) in [6.07, 6.45) is 2.51. The van der Waals surface area contributed by atoms with Gasteiger partial charge in [-0.2, -0.15) is 0 Å². The SMILES string of the molecule is COCC(C)NC(N)=NCC(c1ccccc1)N1CCC(C)CC1.I. The van der Waals surface area contributed by atoms with Gasteiger partial charge >= 0.3 is 0 Å². The molecule has 2 atom stereocenters. The number of hydrogen-bond acceptors (Lipinski definition) is 3. The third-order valence-electron chi connectivity index (χ3n) is 4.69. The average Bonchev–Trinajstić information content (AvgIpc) is 2.57. The maximum absolute atomic E-state index is 6.05. The number of halogens is 1. The summed E-state index contributed by atoms with van der Waals surface area (Å²) >= 11 is 0. The fraction of sp³-hybridized carbons (Fsp3) is 0.632. The van der Waals surface area contributed by atoms with Crippen LogP contribution in [0.15, 0.2) is 35.3 Å². The van der Waals surface area contributed by atoms with E-state index in [1.54, 1.807) is 7.11 Å². The quantitative estimate of drug-likeness (QED) is 0.373. The van der Waals surface area contributed by atoms with E-state index in [9.17, 15) is 0 Å². The van der Waals surface area contributed by atoms with Crippen LogP contribution in [0.2, 0.25) is 0 Å². The maximum atomic E-state index is 6.05. The number of likely N-dealkylation sites (tertiary alicyclic amines) is 1. The van der Waals surface area contributed by atoms with Crippen molar-refractivity contribution in [2.45, 2.75) is 38.8 Å². The molecule has 1 saturated heterocycles. The molecule has 0 aliphatic carbocycles. The van der Waals surface area contributed by atoms with Gasteiger partial charge in [-0.15, -0.1) is 24.0 Å². The van der Waals surface area contributed by atoms with Crippen LogP contribution < -0.4 is 11.1 Å². The third kappa shape index (κ3) is 7.50. The van der Waals surface area contributed by atoms with Crippen molar-refractivity contribution in [3.63, 3.8) is 0 Å². The van der Waals surface area contributed by atoms with Gasteiger partial charge in [-0.1, -0.05) is 37.3 Å². The Morgan fingerprint density at radius 3 is 2.56 bits per heavy atom. The Kier molecular flexibility index (Phi) is 10.4. The number of nitrogens with one attached hydrogen (secondary N) is 1. The van der Waals surface area contributed by atoms with Crippen molar-refractivity contribution in [3.05, 3.63) is 35.9 Å². The zero-order chi connectivity index (χ0) is 17.4. The van der Waals surface area contributed by atoms with Gasteiger partial charge in [-0.25, -0.2) is 0 Å². The summed E-state index contributed by atoms with van der Waals surface area (Å²) in [5.74, 6) is 1.31. The number of nitrogens with two attached hydrogens (primary N) is 1. The van der Waals surface area contributed by atoms with Crippen molar-refractivity contribution in [1.29, 1.82) is 0 Å². The van der Waals surface area contributed by atoms with Gasteiger partial charge in [-0.3, -0.25) is 9.89 Å². The van der Waals surface area contributed by atoms with E-state index >= 15 is 0 Å². The minimum absolute atomic E-state index is 0. The zero-order valence-electron chi connectivity index (χ0n) is 15.6. The smallest absolute Gasteiger partial charge is 0.188 e. The Morgan fingerprint density at radius 1 is 1.32 bits per heavy atom. The average molecular weight is 460 g/mol. The van der Waals surface area contributed by atoms with Gasteiger partial charge in [0.05, 0.1) is 19.2 Å². The molecule has 0 amide bonds. The Bertz CT molecular complexity index is 503. The maximum Gasteiger partial charge on any atom is 0.188 e. The van der Waals surface area contributed by atoms with Crippen LogP contribution >= 0.6 is 24.0 Å². The van der Waals surface area contributed by atoms with Crippen LogP contribution in [-0.2, 0) is 4.74 Å². The Morgan fingerprint density at radius 2 is 1.96 bits per heavy atom. The van der Waals surface area contributed by atoms with Gasteiger partial charge in [-0.05, 0) is 44.3 Å². The second kappa shape index (κ2) is 11.7. The van der Waals surface area contributed by atoms with Gasteiger partial charge in [0.25, 0.3) is 0 Å². The number of guanidine groups is 1. The van der Waals surface area contributed by atoms with E-state index in [-0.39, 0.29) is 36.1 Å². The van der Waals surface area contributed by atoms with Crippen LogP contribution in [0.1, 0.15) is 38.3 Å². The molecule has 1 aromatic carbocycles. The number of rotatable bonds is 7. The topological polar surface area (TPSA) is 62.9 Å². The molecule has 0 spiro atoms. The highest BCUT2D eigenvalue weighted by molar-refractivity contribution is 14.0. The van der Waals surface area contributed by atoms with Crippen LogP contribution in [0.3, 0.4) is 0 Å². The Balaban J connectivity index is 0.00000312. The normalized spacial score (nSPS) is 19.1. The highest BCUT2D eigenvalue weighted by Crippen LogP contribution is 2.27. The van der Waals surface area contributed by atoms with E-state index in [0.29, 0.717) is 19.1 Å². The van der Waals surface area contributed by atoms with Crippen LogP contribution in [0.25, 0.3) is 0 Å². The lowest BCUT2D eigenvalue weighted by atomic mass is 9.96. The number of piperidine rings is 1. The van der Waals surface area contributed by atoms with Crippen molar-refractivity contribution >= 4 is 29.9 Å². The summed E-state index contributed by atoms with van der Waals surface area (Å²) in [7, 11) is 1.69.